The second-order valence-corrected chi connectivity index (χ2v) is 5.53. The minimum absolute atomic E-state index is 0.690. The second kappa shape index (κ2) is 5.34. The second-order valence-electron chi connectivity index (χ2n) is 3.67. The van der Waals surface area contributed by atoms with E-state index in [9.17, 15) is 0 Å². The van der Waals surface area contributed by atoms with E-state index in [4.69, 9.17) is 27.7 Å². The normalized spacial score (nSPS) is 10.8. The molecule has 2 aromatic rings. The van der Waals surface area contributed by atoms with Gasteiger partial charge in [0.05, 0.1) is 10.7 Å². The topological polar surface area (TPSA) is 26.0 Å². The third-order valence-electron chi connectivity index (χ3n) is 2.45. The minimum atomic E-state index is 0.690. The predicted molar refractivity (Wildman–Crippen MR) is 72.0 cm³/mol. The molecule has 0 bridgehead atoms. The maximum atomic E-state index is 6.10. The molecule has 0 aliphatic heterocycles. The van der Waals surface area contributed by atoms with Crippen LogP contribution in [0.1, 0.15) is 17.0 Å². The monoisotopic (exact) mass is 287 g/mol. The molecule has 0 aliphatic carbocycles. The molecule has 0 unspecified atom stereocenters. The number of hydrogen-bond donors (Lipinski definition) is 0. The summed E-state index contributed by atoms with van der Waals surface area (Å²) in [5.41, 5.74) is 2.04. The molecule has 0 radical (unpaired) electrons. The largest absolute Gasteiger partial charge is 0.361 e. The van der Waals surface area contributed by atoms with Crippen LogP contribution in [-0.4, -0.2) is 5.16 Å². The maximum Gasteiger partial charge on any atom is 0.137 e. The van der Waals surface area contributed by atoms with Crippen molar-refractivity contribution in [3.63, 3.8) is 0 Å². The molecular formula is C12H11Cl2NOS. The zero-order chi connectivity index (χ0) is 12.4. The first kappa shape index (κ1) is 12.8. The van der Waals surface area contributed by atoms with Gasteiger partial charge in [-0.25, -0.2) is 0 Å². The number of thioether (sulfide) groups is 1. The average molecular weight is 288 g/mol. The Hall–Kier alpha value is -0.640. The smallest absolute Gasteiger partial charge is 0.137 e. The van der Waals surface area contributed by atoms with Crippen LogP contribution in [0.4, 0.5) is 0 Å². The van der Waals surface area contributed by atoms with E-state index >= 15 is 0 Å². The summed E-state index contributed by atoms with van der Waals surface area (Å²) >= 11 is 13.7. The fourth-order valence-electron chi connectivity index (χ4n) is 1.45. The summed E-state index contributed by atoms with van der Waals surface area (Å²) in [7, 11) is 0. The van der Waals surface area contributed by atoms with E-state index < -0.39 is 0 Å². The van der Waals surface area contributed by atoms with Crippen molar-refractivity contribution in [2.75, 3.05) is 0 Å². The van der Waals surface area contributed by atoms with Gasteiger partial charge >= 0.3 is 0 Å². The van der Waals surface area contributed by atoms with Crippen LogP contribution in [0.3, 0.4) is 0 Å². The molecule has 0 N–H and O–H groups in total. The lowest BCUT2D eigenvalue weighted by atomic mass is 10.2. The maximum absolute atomic E-state index is 6.10. The molecule has 1 heterocycles. The molecule has 2 rings (SSSR count). The van der Waals surface area contributed by atoms with Gasteiger partial charge in [0.15, 0.2) is 0 Å². The zero-order valence-electron chi connectivity index (χ0n) is 9.46. The predicted octanol–water partition coefficient (Wildman–Crippen LogP) is 4.89. The Balaban J connectivity index is 2.15. The molecule has 0 saturated carbocycles. The summed E-state index contributed by atoms with van der Waals surface area (Å²) in [6.07, 6.45) is 0. The number of aryl methyl sites for hydroxylation is 2. The number of aromatic nitrogens is 1. The van der Waals surface area contributed by atoms with Crippen LogP contribution in [0.15, 0.2) is 27.6 Å². The number of hydrogen-bond acceptors (Lipinski definition) is 3. The van der Waals surface area contributed by atoms with E-state index in [1.165, 1.54) is 0 Å². The highest BCUT2D eigenvalue weighted by Crippen LogP contribution is 2.33. The van der Waals surface area contributed by atoms with Crippen molar-refractivity contribution in [3.05, 3.63) is 45.3 Å². The molecule has 17 heavy (non-hydrogen) atoms. The SMILES string of the molecule is Cc1noc(C)c1CSc1cc(Cl)ccc1Cl. The molecule has 5 heteroatoms. The molecule has 0 aliphatic rings. The van der Waals surface area contributed by atoms with Crippen LogP contribution in [-0.2, 0) is 5.75 Å². The fourth-order valence-corrected chi connectivity index (χ4v) is 3.09. The molecule has 0 fully saturated rings. The van der Waals surface area contributed by atoms with Crippen molar-refractivity contribution in [2.45, 2.75) is 24.5 Å². The van der Waals surface area contributed by atoms with E-state index in [0.29, 0.717) is 10.0 Å². The zero-order valence-corrected chi connectivity index (χ0v) is 11.8. The lowest BCUT2D eigenvalue weighted by Crippen LogP contribution is -1.85. The Kier molecular flexibility index (Phi) is 4.02. The van der Waals surface area contributed by atoms with Gasteiger partial charge in [0.2, 0.25) is 0 Å². The first-order valence-corrected chi connectivity index (χ1v) is 6.81. The third kappa shape index (κ3) is 2.97. The lowest BCUT2D eigenvalue weighted by molar-refractivity contribution is 0.392. The van der Waals surface area contributed by atoms with Gasteiger partial charge in [-0.05, 0) is 32.0 Å². The van der Waals surface area contributed by atoms with Crippen molar-refractivity contribution in [1.29, 1.82) is 0 Å². The summed E-state index contributed by atoms with van der Waals surface area (Å²) in [4.78, 5) is 0.971. The van der Waals surface area contributed by atoms with Crippen LogP contribution in [0, 0.1) is 13.8 Å². The number of rotatable bonds is 3. The first-order valence-electron chi connectivity index (χ1n) is 5.07. The molecule has 1 aromatic heterocycles. The Bertz CT molecular complexity index is 520. The summed E-state index contributed by atoms with van der Waals surface area (Å²) in [6, 6.07) is 5.45. The van der Waals surface area contributed by atoms with Crippen LogP contribution in [0.25, 0.3) is 0 Å². The van der Waals surface area contributed by atoms with E-state index in [1.54, 1.807) is 23.9 Å². The Morgan fingerprint density at radius 2 is 2.06 bits per heavy atom. The van der Waals surface area contributed by atoms with Crippen molar-refractivity contribution < 1.29 is 4.52 Å². The summed E-state index contributed by atoms with van der Waals surface area (Å²) in [5.74, 6) is 1.63. The Morgan fingerprint density at radius 1 is 1.29 bits per heavy atom. The molecular weight excluding hydrogens is 277 g/mol. The Morgan fingerprint density at radius 3 is 2.71 bits per heavy atom. The average Bonchev–Trinajstić information content (AvgIpc) is 2.61. The molecule has 90 valence electrons. The molecule has 0 amide bonds. The van der Waals surface area contributed by atoms with Gasteiger partial charge in [0.25, 0.3) is 0 Å². The number of halogens is 2. The van der Waals surface area contributed by atoms with Crippen LogP contribution >= 0.6 is 35.0 Å². The van der Waals surface area contributed by atoms with Crippen molar-refractivity contribution in [3.8, 4) is 0 Å². The molecule has 0 spiro atoms. The standard InChI is InChI=1S/C12H11Cl2NOS/c1-7-10(8(2)16-15-7)6-17-12-5-9(13)3-4-11(12)14/h3-5H,6H2,1-2H3. The van der Waals surface area contributed by atoms with Crippen molar-refractivity contribution >= 4 is 35.0 Å². The molecule has 2 nitrogen and oxygen atoms in total. The van der Waals surface area contributed by atoms with E-state index in [0.717, 1.165) is 27.7 Å². The van der Waals surface area contributed by atoms with E-state index in [1.807, 2.05) is 19.9 Å². The highest BCUT2D eigenvalue weighted by molar-refractivity contribution is 7.98. The number of nitrogens with zero attached hydrogens (tertiary/aromatic N) is 1. The molecule has 0 saturated heterocycles. The quantitative estimate of drug-likeness (QED) is 0.752. The van der Waals surface area contributed by atoms with E-state index in [2.05, 4.69) is 5.16 Å². The summed E-state index contributed by atoms with van der Waals surface area (Å²) in [5, 5.41) is 5.33. The van der Waals surface area contributed by atoms with Gasteiger partial charge < -0.3 is 4.52 Å². The molecule has 0 atom stereocenters. The van der Waals surface area contributed by atoms with Gasteiger partial charge in [0.1, 0.15) is 5.76 Å². The lowest BCUT2D eigenvalue weighted by Gasteiger charge is -2.04. The van der Waals surface area contributed by atoms with Gasteiger partial charge in [0, 0.05) is 21.2 Å². The highest BCUT2D eigenvalue weighted by atomic mass is 35.5. The van der Waals surface area contributed by atoms with Crippen molar-refractivity contribution in [1.82, 2.24) is 5.16 Å². The summed E-state index contributed by atoms with van der Waals surface area (Å²) < 4.78 is 5.12. The van der Waals surface area contributed by atoms with Gasteiger partial charge in [-0.15, -0.1) is 11.8 Å². The van der Waals surface area contributed by atoms with Crippen LogP contribution in [0.2, 0.25) is 10.0 Å². The van der Waals surface area contributed by atoms with Crippen molar-refractivity contribution in [2.24, 2.45) is 0 Å². The fraction of sp³-hybridized carbons (Fsp3) is 0.250. The van der Waals surface area contributed by atoms with Gasteiger partial charge in [-0.2, -0.15) is 0 Å². The minimum Gasteiger partial charge on any atom is -0.361 e. The van der Waals surface area contributed by atoms with Gasteiger partial charge in [-0.3, -0.25) is 0 Å². The van der Waals surface area contributed by atoms with E-state index in [-0.39, 0.29) is 0 Å². The highest BCUT2D eigenvalue weighted by Gasteiger charge is 2.10. The van der Waals surface area contributed by atoms with Crippen LogP contribution in [0.5, 0.6) is 0 Å². The van der Waals surface area contributed by atoms with Crippen LogP contribution < -0.4 is 0 Å². The van der Waals surface area contributed by atoms with Gasteiger partial charge in [-0.1, -0.05) is 28.4 Å². The summed E-state index contributed by atoms with van der Waals surface area (Å²) in [6.45, 7) is 3.85. The third-order valence-corrected chi connectivity index (χ3v) is 4.20. The Labute approximate surface area is 114 Å². The number of benzene rings is 1. The molecule has 1 aromatic carbocycles. The first-order chi connectivity index (χ1) is 8.08.